The van der Waals surface area contributed by atoms with Gasteiger partial charge in [-0.05, 0) is 49.4 Å². The number of hydrogen-bond donors (Lipinski definition) is 1. The molecule has 0 aromatic heterocycles. The van der Waals surface area contributed by atoms with E-state index in [0.29, 0.717) is 0 Å². The highest BCUT2D eigenvalue weighted by Crippen LogP contribution is 2.45. The minimum atomic E-state index is 0. The summed E-state index contributed by atoms with van der Waals surface area (Å²) in [5.74, 6) is 2.63. The maximum Gasteiger partial charge on any atom is 0.122 e. The first kappa shape index (κ1) is 11.7. The van der Waals surface area contributed by atoms with Crippen molar-refractivity contribution < 1.29 is 4.74 Å². The van der Waals surface area contributed by atoms with Gasteiger partial charge in [-0.2, -0.15) is 0 Å². The van der Waals surface area contributed by atoms with Gasteiger partial charge in [0, 0.05) is 5.56 Å². The molecule has 2 atom stereocenters. The lowest BCUT2D eigenvalue weighted by molar-refractivity contribution is 0.339. The first-order valence-corrected chi connectivity index (χ1v) is 5.76. The van der Waals surface area contributed by atoms with Gasteiger partial charge in [0.25, 0.3) is 0 Å². The Labute approximate surface area is 103 Å². The highest BCUT2D eigenvalue weighted by Gasteiger charge is 2.35. The lowest BCUT2D eigenvalue weighted by Gasteiger charge is -2.27. The second kappa shape index (κ2) is 4.64. The molecular weight excluding hydrogens is 222 g/mol. The Morgan fingerprint density at radius 2 is 2.25 bits per heavy atom. The predicted octanol–water partition coefficient (Wildman–Crippen LogP) is 2.37. The minimum Gasteiger partial charge on any atom is -0.496 e. The quantitative estimate of drug-likeness (QED) is 0.813. The van der Waals surface area contributed by atoms with E-state index >= 15 is 0 Å². The Morgan fingerprint density at radius 1 is 1.38 bits per heavy atom. The Morgan fingerprint density at radius 3 is 3.06 bits per heavy atom. The molecule has 3 rings (SSSR count). The van der Waals surface area contributed by atoms with Crippen molar-refractivity contribution in [3.05, 3.63) is 29.3 Å². The molecule has 1 heterocycles. The topological polar surface area (TPSA) is 21.3 Å². The van der Waals surface area contributed by atoms with Crippen LogP contribution in [0.1, 0.15) is 23.5 Å². The van der Waals surface area contributed by atoms with Crippen LogP contribution in [0.4, 0.5) is 0 Å². The molecule has 1 aliphatic carbocycles. The van der Waals surface area contributed by atoms with Crippen LogP contribution in [0, 0.1) is 5.92 Å². The molecule has 2 aliphatic rings. The SMILES string of the molecule is COc1cccc2c1[C@H]1CCNC[C@H]1C2.Cl. The van der Waals surface area contributed by atoms with E-state index in [1.165, 1.54) is 30.5 Å². The first-order valence-electron chi connectivity index (χ1n) is 5.76. The average Bonchev–Trinajstić information content (AvgIpc) is 2.67. The van der Waals surface area contributed by atoms with Gasteiger partial charge in [0.1, 0.15) is 5.75 Å². The van der Waals surface area contributed by atoms with Crippen LogP contribution in [0.2, 0.25) is 0 Å². The molecular formula is C13H18ClNO. The summed E-state index contributed by atoms with van der Waals surface area (Å²) in [5, 5.41) is 3.49. The van der Waals surface area contributed by atoms with E-state index in [1.54, 1.807) is 7.11 Å². The summed E-state index contributed by atoms with van der Waals surface area (Å²) in [4.78, 5) is 0. The third-order valence-electron chi connectivity index (χ3n) is 3.84. The lowest BCUT2D eigenvalue weighted by atomic mass is 9.86. The highest BCUT2D eigenvalue weighted by atomic mass is 35.5. The average molecular weight is 240 g/mol. The number of rotatable bonds is 1. The fraction of sp³-hybridized carbons (Fsp3) is 0.538. The van der Waals surface area contributed by atoms with Crippen molar-refractivity contribution in [3.8, 4) is 5.75 Å². The molecule has 0 radical (unpaired) electrons. The molecule has 2 nitrogen and oxygen atoms in total. The lowest BCUT2D eigenvalue weighted by Crippen LogP contribution is -2.33. The van der Waals surface area contributed by atoms with Crippen LogP contribution < -0.4 is 10.1 Å². The van der Waals surface area contributed by atoms with E-state index in [1.807, 2.05) is 0 Å². The van der Waals surface area contributed by atoms with Gasteiger partial charge in [-0.25, -0.2) is 0 Å². The summed E-state index contributed by atoms with van der Waals surface area (Å²) in [6.45, 7) is 2.32. The van der Waals surface area contributed by atoms with Gasteiger partial charge in [0.05, 0.1) is 7.11 Å². The van der Waals surface area contributed by atoms with E-state index in [0.717, 1.165) is 24.1 Å². The van der Waals surface area contributed by atoms with Crippen molar-refractivity contribution in [2.75, 3.05) is 20.2 Å². The summed E-state index contributed by atoms with van der Waals surface area (Å²) in [5.41, 5.74) is 3.00. The van der Waals surface area contributed by atoms with Crippen molar-refractivity contribution in [1.29, 1.82) is 0 Å². The largest absolute Gasteiger partial charge is 0.496 e. The Balaban J connectivity index is 0.000000963. The van der Waals surface area contributed by atoms with Crippen molar-refractivity contribution in [2.24, 2.45) is 5.92 Å². The minimum absolute atomic E-state index is 0. The molecule has 88 valence electrons. The van der Waals surface area contributed by atoms with E-state index in [-0.39, 0.29) is 12.4 Å². The Kier molecular flexibility index (Phi) is 3.41. The molecule has 1 aliphatic heterocycles. The van der Waals surface area contributed by atoms with Crippen LogP contribution in [0.5, 0.6) is 5.75 Å². The van der Waals surface area contributed by atoms with E-state index < -0.39 is 0 Å². The first-order chi connectivity index (χ1) is 7.40. The maximum absolute atomic E-state index is 5.49. The molecule has 16 heavy (non-hydrogen) atoms. The van der Waals surface area contributed by atoms with Crippen LogP contribution in [-0.2, 0) is 6.42 Å². The third-order valence-corrected chi connectivity index (χ3v) is 3.84. The number of nitrogens with one attached hydrogen (secondary N) is 1. The highest BCUT2D eigenvalue weighted by molar-refractivity contribution is 5.85. The van der Waals surface area contributed by atoms with Gasteiger partial charge in [-0.1, -0.05) is 12.1 Å². The number of fused-ring (bicyclic) bond motifs is 3. The molecule has 1 aromatic rings. The molecule has 0 unspecified atom stereocenters. The third kappa shape index (κ3) is 1.70. The molecule has 1 aromatic carbocycles. The van der Waals surface area contributed by atoms with Crippen molar-refractivity contribution in [3.63, 3.8) is 0 Å². The maximum atomic E-state index is 5.49. The van der Waals surface area contributed by atoms with Gasteiger partial charge in [-0.15, -0.1) is 12.4 Å². The number of halogens is 1. The molecule has 0 bridgehead atoms. The molecule has 0 saturated carbocycles. The fourth-order valence-corrected chi connectivity index (χ4v) is 3.17. The van der Waals surface area contributed by atoms with Gasteiger partial charge in [0.15, 0.2) is 0 Å². The molecule has 1 N–H and O–H groups in total. The summed E-state index contributed by atoms with van der Waals surface area (Å²) in [7, 11) is 1.78. The van der Waals surface area contributed by atoms with Gasteiger partial charge >= 0.3 is 0 Å². The second-order valence-electron chi connectivity index (χ2n) is 4.60. The standard InChI is InChI=1S/C13H17NO.ClH/c1-15-12-4-2-3-9-7-10-8-14-6-5-11(10)13(9)12;/h2-4,10-11,14H,5-8H2,1H3;1H/t10-,11+;/m1./s1. The zero-order valence-corrected chi connectivity index (χ0v) is 10.3. The van der Waals surface area contributed by atoms with Crippen LogP contribution in [0.25, 0.3) is 0 Å². The number of piperidine rings is 1. The summed E-state index contributed by atoms with van der Waals surface area (Å²) >= 11 is 0. The van der Waals surface area contributed by atoms with Gasteiger partial charge < -0.3 is 10.1 Å². The zero-order valence-electron chi connectivity index (χ0n) is 9.53. The Hall–Kier alpha value is -0.730. The van der Waals surface area contributed by atoms with Gasteiger partial charge in [-0.3, -0.25) is 0 Å². The smallest absolute Gasteiger partial charge is 0.122 e. The van der Waals surface area contributed by atoms with Gasteiger partial charge in [0.2, 0.25) is 0 Å². The number of hydrogen-bond acceptors (Lipinski definition) is 2. The molecule has 3 heteroatoms. The van der Waals surface area contributed by atoms with E-state index in [2.05, 4.69) is 23.5 Å². The zero-order chi connectivity index (χ0) is 10.3. The summed E-state index contributed by atoms with van der Waals surface area (Å²) < 4.78 is 5.49. The van der Waals surface area contributed by atoms with E-state index in [4.69, 9.17) is 4.74 Å². The summed E-state index contributed by atoms with van der Waals surface area (Å²) in [6, 6.07) is 6.47. The van der Waals surface area contributed by atoms with Crippen molar-refractivity contribution in [2.45, 2.75) is 18.8 Å². The van der Waals surface area contributed by atoms with E-state index in [9.17, 15) is 0 Å². The molecule has 0 amide bonds. The van der Waals surface area contributed by atoms with Crippen molar-refractivity contribution in [1.82, 2.24) is 5.32 Å². The van der Waals surface area contributed by atoms with Crippen LogP contribution in [0.15, 0.2) is 18.2 Å². The predicted molar refractivity (Wildman–Crippen MR) is 67.7 cm³/mol. The number of methoxy groups -OCH3 is 1. The van der Waals surface area contributed by atoms with Crippen molar-refractivity contribution >= 4 is 12.4 Å². The molecule has 1 fully saturated rings. The van der Waals surface area contributed by atoms with Crippen LogP contribution in [0.3, 0.4) is 0 Å². The fourth-order valence-electron chi connectivity index (χ4n) is 3.17. The number of benzene rings is 1. The van der Waals surface area contributed by atoms with Crippen LogP contribution in [-0.4, -0.2) is 20.2 Å². The normalized spacial score (nSPS) is 26.6. The van der Waals surface area contributed by atoms with Crippen LogP contribution >= 0.6 is 12.4 Å². The Bertz CT molecular complexity index is 380. The molecule has 0 spiro atoms. The molecule has 1 saturated heterocycles. The second-order valence-corrected chi connectivity index (χ2v) is 4.60. The number of ether oxygens (including phenoxy) is 1. The summed E-state index contributed by atoms with van der Waals surface area (Å²) in [6.07, 6.45) is 2.49. The monoisotopic (exact) mass is 239 g/mol.